The van der Waals surface area contributed by atoms with E-state index in [-0.39, 0.29) is 5.56 Å². The SMILES string of the molecule is O=C(O)c1ccn2nc(-c3cncc(Br)c3)nc2c1. The number of carboxylic acid groups (broad SMARTS) is 1. The van der Waals surface area contributed by atoms with Crippen molar-refractivity contribution in [1.82, 2.24) is 19.6 Å². The molecule has 0 aliphatic rings. The zero-order chi connectivity index (χ0) is 13.4. The first kappa shape index (κ1) is 11.8. The fourth-order valence-corrected chi connectivity index (χ4v) is 2.04. The van der Waals surface area contributed by atoms with Crippen molar-refractivity contribution in [2.75, 3.05) is 0 Å². The van der Waals surface area contributed by atoms with Crippen LogP contribution < -0.4 is 0 Å². The van der Waals surface area contributed by atoms with Crippen LogP contribution in [0.3, 0.4) is 0 Å². The smallest absolute Gasteiger partial charge is 0.335 e. The Bertz CT molecular complexity index is 784. The molecule has 0 spiro atoms. The molecular weight excluding hydrogens is 312 g/mol. The minimum absolute atomic E-state index is 0.179. The number of halogens is 1. The summed E-state index contributed by atoms with van der Waals surface area (Å²) in [5.41, 5.74) is 1.42. The number of aromatic nitrogens is 4. The maximum absolute atomic E-state index is 10.9. The number of rotatable bonds is 2. The van der Waals surface area contributed by atoms with E-state index in [9.17, 15) is 4.79 Å². The fraction of sp³-hybridized carbons (Fsp3) is 0. The fourth-order valence-electron chi connectivity index (χ4n) is 1.67. The summed E-state index contributed by atoms with van der Waals surface area (Å²) in [4.78, 5) is 19.2. The second kappa shape index (κ2) is 4.43. The Hall–Kier alpha value is -2.28. The van der Waals surface area contributed by atoms with E-state index in [1.54, 1.807) is 18.6 Å². The number of aromatic carboxylic acids is 1. The van der Waals surface area contributed by atoms with E-state index < -0.39 is 5.97 Å². The second-order valence-electron chi connectivity index (χ2n) is 3.85. The topological polar surface area (TPSA) is 80.4 Å². The Kier molecular flexibility index (Phi) is 2.75. The van der Waals surface area contributed by atoms with Crippen molar-refractivity contribution in [1.29, 1.82) is 0 Å². The summed E-state index contributed by atoms with van der Waals surface area (Å²) in [6, 6.07) is 4.80. The van der Waals surface area contributed by atoms with E-state index in [1.165, 1.54) is 16.6 Å². The Morgan fingerprint density at radius 1 is 1.32 bits per heavy atom. The van der Waals surface area contributed by atoms with Gasteiger partial charge in [0, 0.05) is 28.6 Å². The molecule has 0 saturated heterocycles. The molecule has 3 rings (SSSR count). The Morgan fingerprint density at radius 2 is 2.16 bits per heavy atom. The molecule has 0 aliphatic heterocycles. The zero-order valence-corrected chi connectivity index (χ0v) is 11.1. The van der Waals surface area contributed by atoms with Crippen molar-refractivity contribution in [3.63, 3.8) is 0 Å². The van der Waals surface area contributed by atoms with Gasteiger partial charge in [-0.05, 0) is 34.1 Å². The first-order valence-corrected chi connectivity index (χ1v) is 6.13. The van der Waals surface area contributed by atoms with Crippen LogP contribution in [-0.4, -0.2) is 30.7 Å². The molecular formula is C12H7BrN4O2. The van der Waals surface area contributed by atoms with Gasteiger partial charge in [-0.2, -0.15) is 0 Å². The van der Waals surface area contributed by atoms with Gasteiger partial charge in [-0.1, -0.05) is 0 Å². The summed E-state index contributed by atoms with van der Waals surface area (Å²) >= 11 is 3.33. The lowest BCUT2D eigenvalue weighted by Crippen LogP contribution is -1.97. The molecule has 0 atom stereocenters. The van der Waals surface area contributed by atoms with Crippen LogP contribution in [0.15, 0.2) is 41.3 Å². The third kappa shape index (κ3) is 2.19. The molecule has 0 saturated carbocycles. The summed E-state index contributed by atoms with van der Waals surface area (Å²) < 4.78 is 2.36. The van der Waals surface area contributed by atoms with Crippen molar-refractivity contribution < 1.29 is 9.90 Å². The van der Waals surface area contributed by atoms with Crippen molar-refractivity contribution >= 4 is 27.5 Å². The van der Waals surface area contributed by atoms with Crippen LogP contribution in [0.4, 0.5) is 0 Å². The summed E-state index contributed by atoms with van der Waals surface area (Å²) in [7, 11) is 0. The predicted octanol–water partition coefficient (Wildman–Crippen LogP) is 2.25. The van der Waals surface area contributed by atoms with Gasteiger partial charge in [-0.25, -0.2) is 14.3 Å². The normalized spacial score (nSPS) is 10.8. The van der Waals surface area contributed by atoms with Crippen LogP contribution in [0.25, 0.3) is 17.0 Å². The summed E-state index contributed by atoms with van der Waals surface area (Å²) in [6.45, 7) is 0. The van der Waals surface area contributed by atoms with Gasteiger partial charge in [-0.15, -0.1) is 5.10 Å². The van der Waals surface area contributed by atoms with Crippen molar-refractivity contribution in [3.05, 3.63) is 46.8 Å². The Labute approximate surface area is 115 Å². The lowest BCUT2D eigenvalue weighted by molar-refractivity contribution is 0.0697. The average molecular weight is 319 g/mol. The molecule has 3 aromatic heterocycles. The van der Waals surface area contributed by atoms with Crippen LogP contribution >= 0.6 is 15.9 Å². The molecule has 1 N–H and O–H groups in total. The van der Waals surface area contributed by atoms with Gasteiger partial charge in [0.2, 0.25) is 0 Å². The lowest BCUT2D eigenvalue weighted by atomic mass is 10.2. The van der Waals surface area contributed by atoms with Crippen molar-refractivity contribution in [2.24, 2.45) is 0 Å². The number of fused-ring (bicyclic) bond motifs is 1. The van der Waals surface area contributed by atoms with Crippen LogP contribution in [0, 0.1) is 0 Å². The molecule has 19 heavy (non-hydrogen) atoms. The first-order chi connectivity index (χ1) is 9.13. The van der Waals surface area contributed by atoms with Gasteiger partial charge < -0.3 is 5.11 Å². The maximum atomic E-state index is 10.9. The van der Waals surface area contributed by atoms with Gasteiger partial charge >= 0.3 is 5.97 Å². The Balaban J connectivity index is 2.14. The molecule has 0 fully saturated rings. The van der Waals surface area contributed by atoms with Gasteiger partial charge in [-0.3, -0.25) is 4.98 Å². The molecule has 7 heteroatoms. The highest BCUT2D eigenvalue weighted by atomic mass is 79.9. The highest BCUT2D eigenvalue weighted by molar-refractivity contribution is 9.10. The molecule has 94 valence electrons. The number of hydrogen-bond acceptors (Lipinski definition) is 4. The van der Waals surface area contributed by atoms with E-state index in [0.29, 0.717) is 11.5 Å². The third-order valence-electron chi connectivity index (χ3n) is 2.55. The molecule has 3 aromatic rings. The minimum atomic E-state index is -0.990. The largest absolute Gasteiger partial charge is 0.478 e. The van der Waals surface area contributed by atoms with Gasteiger partial charge in [0.25, 0.3) is 0 Å². The standard InChI is InChI=1S/C12H7BrN4O2/c13-9-3-8(5-14-6-9)11-15-10-4-7(12(18)19)1-2-17(10)16-11/h1-6H,(H,18,19). The van der Waals surface area contributed by atoms with Crippen molar-refractivity contribution in [3.8, 4) is 11.4 Å². The third-order valence-corrected chi connectivity index (χ3v) is 2.98. The lowest BCUT2D eigenvalue weighted by Gasteiger charge is -1.94. The highest BCUT2D eigenvalue weighted by Gasteiger charge is 2.09. The summed E-state index contributed by atoms with van der Waals surface area (Å²) in [5, 5.41) is 13.2. The summed E-state index contributed by atoms with van der Waals surface area (Å²) in [6.07, 6.45) is 4.89. The molecule has 0 aromatic carbocycles. The van der Waals surface area contributed by atoms with E-state index in [4.69, 9.17) is 5.11 Å². The number of nitrogens with zero attached hydrogens (tertiary/aromatic N) is 4. The predicted molar refractivity (Wildman–Crippen MR) is 70.9 cm³/mol. The molecule has 0 radical (unpaired) electrons. The monoisotopic (exact) mass is 318 g/mol. The molecule has 0 bridgehead atoms. The number of carboxylic acids is 1. The van der Waals surface area contributed by atoms with E-state index in [2.05, 4.69) is 31.0 Å². The molecule has 6 nitrogen and oxygen atoms in total. The minimum Gasteiger partial charge on any atom is -0.478 e. The number of pyridine rings is 2. The summed E-state index contributed by atoms with van der Waals surface area (Å²) in [5.74, 6) is -0.493. The van der Waals surface area contributed by atoms with Crippen LogP contribution in [0.5, 0.6) is 0 Å². The van der Waals surface area contributed by atoms with Crippen molar-refractivity contribution in [2.45, 2.75) is 0 Å². The van der Waals surface area contributed by atoms with Gasteiger partial charge in [0.05, 0.1) is 5.56 Å². The second-order valence-corrected chi connectivity index (χ2v) is 4.77. The van der Waals surface area contributed by atoms with Crippen LogP contribution in [0.1, 0.15) is 10.4 Å². The van der Waals surface area contributed by atoms with Crippen LogP contribution in [-0.2, 0) is 0 Å². The van der Waals surface area contributed by atoms with E-state index in [0.717, 1.165) is 10.0 Å². The Morgan fingerprint density at radius 3 is 2.89 bits per heavy atom. The maximum Gasteiger partial charge on any atom is 0.335 e. The quantitative estimate of drug-likeness (QED) is 0.783. The number of hydrogen-bond donors (Lipinski definition) is 1. The number of carbonyl (C=O) groups is 1. The van der Waals surface area contributed by atoms with E-state index in [1.807, 2.05) is 6.07 Å². The average Bonchev–Trinajstić information content (AvgIpc) is 2.81. The zero-order valence-electron chi connectivity index (χ0n) is 9.49. The molecule has 0 amide bonds. The van der Waals surface area contributed by atoms with Crippen LogP contribution in [0.2, 0.25) is 0 Å². The first-order valence-electron chi connectivity index (χ1n) is 5.34. The van der Waals surface area contributed by atoms with Gasteiger partial charge in [0.1, 0.15) is 0 Å². The van der Waals surface area contributed by atoms with E-state index >= 15 is 0 Å². The molecule has 0 aliphatic carbocycles. The van der Waals surface area contributed by atoms with Gasteiger partial charge in [0.15, 0.2) is 11.5 Å². The molecule has 3 heterocycles. The molecule has 0 unspecified atom stereocenters. The highest BCUT2D eigenvalue weighted by Crippen LogP contribution is 2.19.